The first kappa shape index (κ1) is 36.3. The lowest BCUT2D eigenvalue weighted by atomic mass is 9.93. The highest BCUT2D eigenvalue weighted by Crippen LogP contribution is 2.35. The fourth-order valence-electron chi connectivity index (χ4n) is 5.01. The van der Waals surface area contributed by atoms with Crippen LogP contribution < -0.4 is 9.47 Å². The molecule has 0 bridgehead atoms. The standard InChI is InChI=1S/C35H57NO6Si2/c1-28(32-16-15-31(25-34(32)37)42-27-40-22-24-44(5,6)7)33(26-39-21-23-43(2,3)4)35(38)29-11-13-30(14-12-29)41-20-19-36-17-9-8-10-18-36/h11-16,25,35,37-38H,8-10,17-24,26-27H2,1-7H3. The number of likely N-dealkylation sites (tertiary alicyclic amines) is 1. The molecule has 1 unspecified atom stereocenters. The summed E-state index contributed by atoms with van der Waals surface area (Å²) in [7, 11) is -2.42. The minimum Gasteiger partial charge on any atom is -0.507 e. The maximum atomic E-state index is 11.6. The molecule has 2 aromatic carbocycles. The number of allylic oxidation sites excluding steroid dienone is 1. The summed E-state index contributed by atoms with van der Waals surface area (Å²) in [4.78, 5) is 2.46. The van der Waals surface area contributed by atoms with Gasteiger partial charge in [-0.15, -0.1) is 0 Å². The van der Waals surface area contributed by atoms with Crippen LogP contribution in [0.4, 0.5) is 0 Å². The van der Waals surface area contributed by atoms with Gasteiger partial charge in [0.05, 0.1) is 6.61 Å². The molecule has 0 amide bonds. The molecule has 0 radical (unpaired) electrons. The van der Waals surface area contributed by atoms with Crippen LogP contribution in [-0.4, -0.2) is 84.1 Å². The first-order chi connectivity index (χ1) is 20.8. The van der Waals surface area contributed by atoms with Crippen molar-refractivity contribution in [2.75, 3.05) is 52.9 Å². The van der Waals surface area contributed by atoms with Crippen LogP contribution in [0, 0.1) is 0 Å². The maximum absolute atomic E-state index is 11.6. The van der Waals surface area contributed by atoms with E-state index in [4.69, 9.17) is 18.9 Å². The van der Waals surface area contributed by atoms with E-state index in [1.165, 1.54) is 19.3 Å². The molecule has 44 heavy (non-hydrogen) atoms. The lowest BCUT2D eigenvalue weighted by Gasteiger charge is -2.26. The monoisotopic (exact) mass is 643 g/mol. The summed E-state index contributed by atoms with van der Waals surface area (Å²) in [5.74, 6) is 1.42. The molecule has 1 aliphatic rings. The van der Waals surface area contributed by atoms with Crippen LogP contribution in [0.3, 0.4) is 0 Å². The zero-order valence-electron chi connectivity index (χ0n) is 28.3. The van der Waals surface area contributed by atoms with Crippen LogP contribution in [0.15, 0.2) is 48.0 Å². The average Bonchev–Trinajstić information content (AvgIpc) is 2.96. The van der Waals surface area contributed by atoms with E-state index < -0.39 is 22.3 Å². The Hall–Kier alpha value is -2.15. The van der Waals surface area contributed by atoms with Gasteiger partial charge in [-0.25, -0.2) is 0 Å². The molecule has 7 nitrogen and oxygen atoms in total. The van der Waals surface area contributed by atoms with Crippen LogP contribution >= 0.6 is 0 Å². The molecule has 0 aliphatic carbocycles. The number of piperidine rings is 1. The number of nitrogens with zero attached hydrogens (tertiary/aromatic N) is 1. The zero-order chi connectivity index (χ0) is 32.2. The minimum atomic E-state index is -1.26. The van der Waals surface area contributed by atoms with E-state index in [1.807, 2.05) is 43.3 Å². The Morgan fingerprint density at radius 3 is 2.02 bits per heavy atom. The van der Waals surface area contributed by atoms with Gasteiger partial charge in [0.15, 0.2) is 6.79 Å². The number of phenolic OH excluding ortho intramolecular Hbond substituents is 1. The molecular weight excluding hydrogens is 587 g/mol. The Bertz CT molecular complexity index is 1170. The molecule has 0 aromatic heterocycles. The molecular formula is C35H57NO6Si2. The lowest BCUT2D eigenvalue weighted by molar-refractivity contribution is 0.0219. The van der Waals surface area contributed by atoms with Crippen LogP contribution in [-0.2, 0) is 9.47 Å². The number of hydrogen-bond donors (Lipinski definition) is 2. The summed E-state index contributed by atoms with van der Waals surface area (Å²) in [5.41, 5.74) is 2.89. The van der Waals surface area contributed by atoms with E-state index in [9.17, 15) is 10.2 Å². The highest BCUT2D eigenvalue weighted by atomic mass is 28.3. The van der Waals surface area contributed by atoms with Gasteiger partial charge in [0, 0.05) is 47.5 Å². The number of phenols is 1. The van der Waals surface area contributed by atoms with E-state index in [1.54, 1.807) is 6.07 Å². The van der Waals surface area contributed by atoms with Crippen molar-refractivity contribution in [3.05, 3.63) is 59.2 Å². The van der Waals surface area contributed by atoms with Crippen molar-refractivity contribution in [1.29, 1.82) is 0 Å². The van der Waals surface area contributed by atoms with Crippen LogP contribution in [0.25, 0.3) is 5.57 Å². The Balaban J connectivity index is 1.70. The molecule has 246 valence electrons. The fraction of sp³-hybridized carbons (Fsp3) is 0.600. The molecule has 1 saturated heterocycles. The van der Waals surface area contributed by atoms with Gasteiger partial charge in [-0.3, -0.25) is 4.90 Å². The summed E-state index contributed by atoms with van der Waals surface area (Å²) in [5, 5.41) is 22.6. The Labute approximate surface area is 268 Å². The van der Waals surface area contributed by atoms with Crippen molar-refractivity contribution in [2.45, 2.75) is 83.7 Å². The van der Waals surface area contributed by atoms with Gasteiger partial charge >= 0.3 is 0 Å². The molecule has 0 spiro atoms. The first-order valence-electron chi connectivity index (χ1n) is 16.3. The SMILES string of the molecule is CC(=C(COCC[Si](C)(C)C)C(O)c1ccc(OCCN2CCCCC2)cc1)c1ccc(OCOCC[Si](C)(C)C)cc1O. The molecule has 2 aromatic rings. The van der Waals surface area contributed by atoms with Crippen molar-refractivity contribution >= 4 is 21.7 Å². The van der Waals surface area contributed by atoms with Crippen LogP contribution in [0.1, 0.15) is 43.4 Å². The second-order valence-electron chi connectivity index (χ2n) is 14.4. The Kier molecular flexibility index (Phi) is 14.5. The largest absolute Gasteiger partial charge is 0.507 e. The van der Waals surface area contributed by atoms with E-state index in [0.29, 0.717) is 31.1 Å². The third kappa shape index (κ3) is 13.1. The molecule has 3 rings (SSSR count). The predicted octanol–water partition coefficient (Wildman–Crippen LogP) is 7.81. The summed E-state index contributed by atoms with van der Waals surface area (Å²) in [6, 6.07) is 15.0. The summed E-state index contributed by atoms with van der Waals surface area (Å²) < 4.78 is 23.5. The molecule has 9 heteroatoms. The Morgan fingerprint density at radius 1 is 0.795 bits per heavy atom. The Morgan fingerprint density at radius 2 is 1.41 bits per heavy atom. The predicted molar refractivity (Wildman–Crippen MR) is 186 cm³/mol. The second-order valence-corrected chi connectivity index (χ2v) is 25.6. The molecule has 0 saturated carbocycles. The topological polar surface area (TPSA) is 80.6 Å². The lowest BCUT2D eigenvalue weighted by Crippen LogP contribution is -2.33. The third-order valence-electron chi connectivity index (χ3n) is 8.06. The van der Waals surface area contributed by atoms with Gasteiger partial charge in [-0.1, -0.05) is 57.8 Å². The van der Waals surface area contributed by atoms with E-state index in [0.717, 1.165) is 54.2 Å². The number of hydrogen-bond acceptors (Lipinski definition) is 7. The van der Waals surface area contributed by atoms with Gasteiger partial charge in [-0.2, -0.15) is 0 Å². The smallest absolute Gasteiger partial charge is 0.189 e. The van der Waals surface area contributed by atoms with Gasteiger partial charge in [0.1, 0.15) is 30.0 Å². The number of benzene rings is 2. The van der Waals surface area contributed by atoms with Crippen molar-refractivity contribution in [3.63, 3.8) is 0 Å². The van der Waals surface area contributed by atoms with Gasteiger partial charge in [0.25, 0.3) is 0 Å². The number of aliphatic hydroxyl groups excluding tert-OH is 1. The fourth-order valence-corrected chi connectivity index (χ4v) is 6.53. The zero-order valence-corrected chi connectivity index (χ0v) is 30.3. The molecule has 1 atom stereocenters. The maximum Gasteiger partial charge on any atom is 0.189 e. The van der Waals surface area contributed by atoms with Crippen molar-refractivity contribution in [1.82, 2.24) is 4.90 Å². The normalized spacial score (nSPS) is 16.0. The molecule has 2 N–H and O–H groups in total. The van der Waals surface area contributed by atoms with Gasteiger partial charge in [0.2, 0.25) is 0 Å². The average molecular weight is 644 g/mol. The minimum absolute atomic E-state index is 0.0892. The number of rotatable bonds is 18. The summed E-state index contributed by atoms with van der Waals surface area (Å²) in [6.45, 7) is 21.5. The van der Waals surface area contributed by atoms with Crippen molar-refractivity contribution in [2.24, 2.45) is 0 Å². The molecule has 1 fully saturated rings. The van der Waals surface area contributed by atoms with E-state index in [-0.39, 0.29) is 19.1 Å². The second kappa shape index (κ2) is 17.5. The highest BCUT2D eigenvalue weighted by Gasteiger charge is 2.21. The quantitative estimate of drug-likeness (QED) is 0.0974. The molecule has 1 heterocycles. The highest BCUT2D eigenvalue weighted by molar-refractivity contribution is 6.76. The van der Waals surface area contributed by atoms with Crippen LogP contribution in [0.5, 0.6) is 17.2 Å². The first-order valence-corrected chi connectivity index (χ1v) is 23.7. The number of aromatic hydroxyl groups is 1. The number of ether oxygens (including phenoxy) is 4. The van der Waals surface area contributed by atoms with Crippen molar-refractivity contribution in [3.8, 4) is 17.2 Å². The summed E-state index contributed by atoms with van der Waals surface area (Å²) >= 11 is 0. The van der Waals surface area contributed by atoms with Gasteiger partial charge < -0.3 is 29.2 Å². The van der Waals surface area contributed by atoms with Gasteiger partial charge in [-0.05, 0) is 85.9 Å². The van der Waals surface area contributed by atoms with Crippen molar-refractivity contribution < 1.29 is 29.2 Å². The number of aliphatic hydroxyl groups is 1. The molecule has 1 aliphatic heterocycles. The third-order valence-corrected chi connectivity index (χ3v) is 11.5. The summed E-state index contributed by atoms with van der Waals surface area (Å²) in [6.07, 6.45) is 2.98. The van der Waals surface area contributed by atoms with E-state index >= 15 is 0 Å². The van der Waals surface area contributed by atoms with E-state index in [2.05, 4.69) is 44.2 Å². The van der Waals surface area contributed by atoms with Crippen LogP contribution in [0.2, 0.25) is 51.4 Å².